The van der Waals surface area contributed by atoms with Crippen LogP contribution in [0.5, 0.6) is 0 Å². The summed E-state index contributed by atoms with van der Waals surface area (Å²) in [6, 6.07) is 10.4. The summed E-state index contributed by atoms with van der Waals surface area (Å²) < 4.78 is 0. The fourth-order valence-electron chi connectivity index (χ4n) is 1.50. The lowest BCUT2D eigenvalue weighted by Gasteiger charge is -2.26. The maximum absolute atomic E-state index is 5.47. The Morgan fingerprint density at radius 2 is 1.93 bits per heavy atom. The Morgan fingerprint density at radius 1 is 1.33 bits per heavy atom. The Bertz CT molecular complexity index is 320. The first-order valence-corrected chi connectivity index (χ1v) is 5.52. The molecule has 0 amide bonds. The van der Waals surface area contributed by atoms with Gasteiger partial charge in [-0.15, -0.1) is 0 Å². The van der Waals surface area contributed by atoms with E-state index >= 15 is 0 Å². The summed E-state index contributed by atoms with van der Waals surface area (Å²) >= 11 is 4.84. The average molecular weight is 222 g/mol. The van der Waals surface area contributed by atoms with Crippen LogP contribution in [0.1, 0.15) is 25.8 Å². The molecule has 3 heteroatoms. The van der Waals surface area contributed by atoms with Crippen molar-refractivity contribution in [3.8, 4) is 0 Å². The van der Waals surface area contributed by atoms with Gasteiger partial charge in [-0.05, 0) is 44.5 Å². The van der Waals surface area contributed by atoms with E-state index in [0.717, 1.165) is 12.8 Å². The van der Waals surface area contributed by atoms with Gasteiger partial charge in [0.2, 0.25) is 0 Å². The zero-order valence-electron chi connectivity index (χ0n) is 9.29. The number of nitrogens with one attached hydrogen (secondary N) is 1. The molecule has 0 fully saturated rings. The highest BCUT2D eigenvalue weighted by Crippen LogP contribution is 2.13. The molecule has 0 atom stereocenters. The third-order valence-electron chi connectivity index (χ3n) is 2.34. The molecule has 15 heavy (non-hydrogen) atoms. The molecule has 0 aromatic heterocycles. The van der Waals surface area contributed by atoms with E-state index in [1.807, 2.05) is 6.07 Å². The molecule has 1 aromatic rings. The van der Waals surface area contributed by atoms with E-state index < -0.39 is 0 Å². The van der Waals surface area contributed by atoms with E-state index in [1.165, 1.54) is 5.56 Å². The molecule has 0 spiro atoms. The van der Waals surface area contributed by atoms with E-state index in [4.69, 9.17) is 18.0 Å². The van der Waals surface area contributed by atoms with Crippen LogP contribution in [0.2, 0.25) is 0 Å². The Labute approximate surface area is 96.9 Å². The first kappa shape index (κ1) is 12.0. The minimum Gasteiger partial charge on any atom is -0.376 e. The molecule has 0 radical (unpaired) electrons. The number of aryl methyl sites for hydroxylation is 1. The predicted octanol–water partition coefficient (Wildman–Crippen LogP) is 2.23. The van der Waals surface area contributed by atoms with Crippen molar-refractivity contribution in [3.63, 3.8) is 0 Å². The highest BCUT2D eigenvalue weighted by atomic mass is 32.1. The maximum atomic E-state index is 5.47. The van der Waals surface area contributed by atoms with Gasteiger partial charge < -0.3 is 11.1 Å². The molecule has 0 saturated heterocycles. The Morgan fingerprint density at radius 3 is 2.47 bits per heavy atom. The van der Waals surface area contributed by atoms with Crippen molar-refractivity contribution >= 4 is 17.3 Å². The molecule has 0 bridgehead atoms. The van der Waals surface area contributed by atoms with Crippen molar-refractivity contribution in [2.75, 3.05) is 0 Å². The van der Waals surface area contributed by atoms with Crippen molar-refractivity contribution in [3.05, 3.63) is 35.9 Å². The summed E-state index contributed by atoms with van der Waals surface area (Å²) in [5.41, 5.74) is 6.77. The van der Waals surface area contributed by atoms with Crippen LogP contribution in [0.15, 0.2) is 30.3 Å². The van der Waals surface area contributed by atoms with Gasteiger partial charge in [0.15, 0.2) is 5.11 Å². The van der Waals surface area contributed by atoms with Crippen LogP contribution in [0, 0.1) is 0 Å². The van der Waals surface area contributed by atoms with Crippen molar-refractivity contribution in [2.45, 2.75) is 32.2 Å². The quantitative estimate of drug-likeness (QED) is 0.767. The van der Waals surface area contributed by atoms with E-state index in [0.29, 0.717) is 5.11 Å². The second-order valence-corrected chi connectivity index (χ2v) is 4.80. The zero-order valence-corrected chi connectivity index (χ0v) is 10.1. The predicted molar refractivity (Wildman–Crippen MR) is 68.8 cm³/mol. The van der Waals surface area contributed by atoms with Crippen LogP contribution < -0.4 is 11.1 Å². The van der Waals surface area contributed by atoms with Gasteiger partial charge in [0.1, 0.15) is 0 Å². The van der Waals surface area contributed by atoms with Crippen molar-refractivity contribution < 1.29 is 0 Å². The second-order valence-electron chi connectivity index (χ2n) is 4.36. The summed E-state index contributed by atoms with van der Waals surface area (Å²) in [5.74, 6) is 0. The summed E-state index contributed by atoms with van der Waals surface area (Å²) in [7, 11) is 0. The number of hydrogen-bond donors (Lipinski definition) is 2. The van der Waals surface area contributed by atoms with E-state index in [2.05, 4.69) is 43.4 Å². The lowest BCUT2D eigenvalue weighted by molar-refractivity contribution is 0.426. The Hall–Kier alpha value is -1.09. The smallest absolute Gasteiger partial charge is 0.164 e. The van der Waals surface area contributed by atoms with Gasteiger partial charge in [0.05, 0.1) is 0 Å². The van der Waals surface area contributed by atoms with Crippen LogP contribution in [0.4, 0.5) is 0 Å². The third kappa shape index (κ3) is 4.79. The second kappa shape index (κ2) is 5.12. The number of thiocarbonyl (C=S) groups is 1. The molecule has 1 aromatic carbocycles. The van der Waals surface area contributed by atoms with Crippen molar-refractivity contribution in [1.29, 1.82) is 0 Å². The molecule has 0 unspecified atom stereocenters. The molecular formula is C12H18N2S. The van der Waals surface area contributed by atoms with Crippen LogP contribution in [-0.2, 0) is 6.42 Å². The first-order chi connectivity index (χ1) is 6.99. The van der Waals surface area contributed by atoms with Gasteiger partial charge in [-0.1, -0.05) is 30.3 Å². The molecule has 0 saturated carbocycles. The molecular weight excluding hydrogens is 204 g/mol. The third-order valence-corrected chi connectivity index (χ3v) is 2.45. The summed E-state index contributed by atoms with van der Waals surface area (Å²) in [4.78, 5) is 0. The first-order valence-electron chi connectivity index (χ1n) is 5.11. The lowest BCUT2D eigenvalue weighted by Crippen LogP contribution is -2.46. The average Bonchev–Trinajstić information content (AvgIpc) is 2.15. The summed E-state index contributed by atoms with van der Waals surface area (Å²) in [5, 5.41) is 3.47. The molecule has 0 aliphatic rings. The summed E-state index contributed by atoms with van der Waals surface area (Å²) in [6.07, 6.45) is 2.04. The van der Waals surface area contributed by atoms with E-state index in [9.17, 15) is 0 Å². The van der Waals surface area contributed by atoms with Gasteiger partial charge >= 0.3 is 0 Å². The highest BCUT2D eigenvalue weighted by Gasteiger charge is 2.17. The highest BCUT2D eigenvalue weighted by molar-refractivity contribution is 7.80. The van der Waals surface area contributed by atoms with Crippen molar-refractivity contribution in [2.24, 2.45) is 5.73 Å². The number of benzene rings is 1. The maximum Gasteiger partial charge on any atom is 0.164 e. The monoisotopic (exact) mass is 222 g/mol. The van der Waals surface area contributed by atoms with Crippen molar-refractivity contribution in [1.82, 2.24) is 5.32 Å². The Kier molecular flexibility index (Phi) is 4.09. The van der Waals surface area contributed by atoms with Gasteiger partial charge in [-0.25, -0.2) is 0 Å². The molecule has 0 aliphatic carbocycles. The summed E-state index contributed by atoms with van der Waals surface area (Å²) in [6.45, 7) is 4.21. The molecule has 0 heterocycles. The molecule has 2 nitrogen and oxygen atoms in total. The number of rotatable bonds is 4. The van der Waals surface area contributed by atoms with Crippen LogP contribution in [0.25, 0.3) is 0 Å². The molecule has 1 rings (SSSR count). The minimum atomic E-state index is -0.0400. The number of hydrogen-bond acceptors (Lipinski definition) is 1. The standard InChI is InChI=1S/C12H18N2S/c1-12(2,14-11(13)15)9-8-10-6-4-3-5-7-10/h3-7H,8-9H2,1-2H3,(H3,13,14,15). The topological polar surface area (TPSA) is 38.0 Å². The number of nitrogens with two attached hydrogens (primary N) is 1. The zero-order chi connectivity index (χ0) is 11.3. The lowest BCUT2D eigenvalue weighted by atomic mass is 9.95. The fraction of sp³-hybridized carbons (Fsp3) is 0.417. The molecule has 3 N–H and O–H groups in total. The van der Waals surface area contributed by atoms with Gasteiger partial charge in [-0.3, -0.25) is 0 Å². The normalized spacial score (nSPS) is 11.1. The molecule has 82 valence electrons. The van der Waals surface area contributed by atoms with Crippen LogP contribution >= 0.6 is 12.2 Å². The van der Waals surface area contributed by atoms with E-state index in [1.54, 1.807) is 0 Å². The minimum absolute atomic E-state index is 0.0400. The molecule has 0 aliphatic heterocycles. The SMILES string of the molecule is CC(C)(CCc1ccccc1)NC(N)=S. The van der Waals surface area contributed by atoms with Crippen LogP contribution in [-0.4, -0.2) is 10.7 Å². The fourth-order valence-corrected chi connectivity index (χ4v) is 1.77. The van der Waals surface area contributed by atoms with Gasteiger partial charge in [0, 0.05) is 5.54 Å². The van der Waals surface area contributed by atoms with Crippen LogP contribution in [0.3, 0.4) is 0 Å². The Balaban J connectivity index is 2.46. The van der Waals surface area contributed by atoms with Gasteiger partial charge in [-0.2, -0.15) is 0 Å². The largest absolute Gasteiger partial charge is 0.376 e. The van der Waals surface area contributed by atoms with Gasteiger partial charge in [0.25, 0.3) is 0 Å². The van der Waals surface area contributed by atoms with E-state index in [-0.39, 0.29) is 5.54 Å².